The molecule has 0 heterocycles. The molecular weight excluding hydrogens is 168 g/mol. The van der Waals surface area contributed by atoms with Gasteiger partial charge in [0.2, 0.25) is 0 Å². The average molecular weight is 178 g/mol. The van der Waals surface area contributed by atoms with Gasteiger partial charge in [0.15, 0.2) is 5.25 Å². The minimum atomic E-state index is -3.59. The van der Waals surface area contributed by atoms with Crippen LogP contribution in [0.5, 0.6) is 0 Å². The van der Waals surface area contributed by atoms with Crippen LogP contribution in [0.3, 0.4) is 0 Å². The summed E-state index contributed by atoms with van der Waals surface area (Å²) in [6.45, 7) is 1.30. The first-order chi connectivity index (χ1) is 4.96. The van der Waals surface area contributed by atoms with Gasteiger partial charge < -0.3 is 0 Å². The summed E-state index contributed by atoms with van der Waals surface area (Å²) in [6.07, 6.45) is 0. The van der Waals surface area contributed by atoms with Gasteiger partial charge in [-0.15, -0.1) is 0 Å². The van der Waals surface area contributed by atoms with Crippen molar-refractivity contribution < 1.29 is 13.3 Å². The highest BCUT2D eigenvalue weighted by atomic mass is 32.2. The van der Waals surface area contributed by atoms with E-state index in [1.54, 1.807) is 6.07 Å². The normalized spacial score (nSPS) is 14.5. The molecule has 0 saturated carbocycles. The summed E-state index contributed by atoms with van der Waals surface area (Å²) in [6, 6.07) is 1.61. The molecule has 1 unspecified atom stereocenters. The minimum absolute atomic E-state index is 0.668. The second-order valence-corrected chi connectivity index (χ2v) is 4.16. The predicted molar refractivity (Wildman–Crippen MR) is 38.8 cm³/mol. The molecule has 0 aromatic rings. The quantitative estimate of drug-likeness (QED) is 0.557. The number of hydrogen-bond acceptors (Lipinski definition) is 4. The van der Waals surface area contributed by atoms with Gasteiger partial charge in [-0.1, -0.05) is 4.47 Å². The Balaban J connectivity index is 4.64. The van der Waals surface area contributed by atoms with E-state index in [4.69, 9.17) is 5.26 Å². The fourth-order valence-electron chi connectivity index (χ4n) is 0.393. The second kappa shape index (κ2) is 3.67. The molecule has 0 aliphatic rings. The Morgan fingerprint density at radius 2 is 2.09 bits per heavy atom. The van der Waals surface area contributed by atoms with Gasteiger partial charge in [-0.25, -0.2) is 8.42 Å². The first kappa shape index (κ1) is 10.4. The number of nitrogens with zero attached hydrogens (tertiary/aromatic N) is 2. The molecular formula is C5H10N2O3S. The van der Waals surface area contributed by atoms with Crippen molar-refractivity contribution in [2.24, 2.45) is 0 Å². The Morgan fingerprint density at radius 1 is 1.64 bits per heavy atom. The lowest BCUT2D eigenvalue weighted by molar-refractivity contribution is -0.0262. The minimum Gasteiger partial charge on any atom is -0.288 e. The molecule has 0 rings (SSSR count). The Kier molecular flexibility index (Phi) is 3.45. The summed E-state index contributed by atoms with van der Waals surface area (Å²) in [7, 11) is -1.13. The summed E-state index contributed by atoms with van der Waals surface area (Å²) in [5.74, 6) is 0. The first-order valence-corrected chi connectivity index (χ1v) is 4.38. The molecule has 0 saturated heterocycles. The van der Waals surface area contributed by atoms with Crippen LogP contribution in [0, 0.1) is 11.3 Å². The highest BCUT2D eigenvalue weighted by Crippen LogP contribution is 2.04. The molecule has 6 heteroatoms. The van der Waals surface area contributed by atoms with Crippen LogP contribution in [0.25, 0.3) is 0 Å². The molecule has 64 valence electrons. The Labute approximate surface area is 66.2 Å². The fourth-order valence-corrected chi connectivity index (χ4v) is 1.18. The molecule has 0 aromatic heterocycles. The molecule has 0 N–H and O–H groups in total. The van der Waals surface area contributed by atoms with Gasteiger partial charge in [0.1, 0.15) is 0 Å². The smallest absolute Gasteiger partial charge is 0.251 e. The lowest BCUT2D eigenvalue weighted by Crippen LogP contribution is -2.32. The second-order valence-electron chi connectivity index (χ2n) is 1.91. The summed E-state index contributed by atoms with van der Waals surface area (Å²) < 4.78 is 22.8. The van der Waals surface area contributed by atoms with Crippen molar-refractivity contribution in [2.45, 2.75) is 12.2 Å². The summed E-state index contributed by atoms with van der Waals surface area (Å²) in [4.78, 5) is 4.43. The standard InChI is InChI=1S/C5H10N2O3S/c1-5(4-6)11(8,9)7(2)10-3/h5H,1-3H3. The van der Waals surface area contributed by atoms with E-state index in [2.05, 4.69) is 4.84 Å². The van der Waals surface area contributed by atoms with Gasteiger partial charge in [0.05, 0.1) is 13.2 Å². The molecule has 0 spiro atoms. The van der Waals surface area contributed by atoms with E-state index in [-0.39, 0.29) is 0 Å². The summed E-state index contributed by atoms with van der Waals surface area (Å²) in [5, 5.41) is 7.23. The summed E-state index contributed by atoms with van der Waals surface area (Å²) in [5.41, 5.74) is 0. The zero-order valence-electron chi connectivity index (χ0n) is 6.60. The highest BCUT2D eigenvalue weighted by molar-refractivity contribution is 7.89. The third kappa shape index (κ3) is 2.15. The number of nitriles is 1. The third-order valence-corrected chi connectivity index (χ3v) is 3.11. The van der Waals surface area contributed by atoms with Crippen LogP contribution < -0.4 is 0 Å². The van der Waals surface area contributed by atoms with Crippen LogP contribution in [-0.2, 0) is 14.9 Å². The molecule has 1 atom stereocenters. The van der Waals surface area contributed by atoms with Crippen molar-refractivity contribution in [2.75, 3.05) is 14.2 Å². The van der Waals surface area contributed by atoms with Gasteiger partial charge in [0.25, 0.3) is 10.0 Å². The molecule has 0 aliphatic heterocycles. The Bertz CT molecular complexity index is 253. The molecule has 11 heavy (non-hydrogen) atoms. The third-order valence-electron chi connectivity index (χ3n) is 1.24. The SMILES string of the molecule is CON(C)S(=O)(=O)C(C)C#N. The van der Waals surface area contributed by atoms with Crippen molar-refractivity contribution in [3.63, 3.8) is 0 Å². The molecule has 0 bridgehead atoms. The van der Waals surface area contributed by atoms with Crippen LogP contribution in [0.15, 0.2) is 0 Å². The molecule has 0 amide bonds. The summed E-state index contributed by atoms with van der Waals surface area (Å²) >= 11 is 0. The predicted octanol–water partition coefficient (Wildman–Crippen LogP) is -0.279. The largest absolute Gasteiger partial charge is 0.288 e. The van der Waals surface area contributed by atoms with E-state index in [1.807, 2.05) is 0 Å². The van der Waals surface area contributed by atoms with Crippen molar-refractivity contribution >= 4 is 10.0 Å². The van der Waals surface area contributed by atoms with Crippen molar-refractivity contribution in [3.8, 4) is 6.07 Å². The molecule has 0 fully saturated rings. The van der Waals surface area contributed by atoms with Crippen LogP contribution in [0.1, 0.15) is 6.92 Å². The maximum Gasteiger partial charge on any atom is 0.251 e. The lowest BCUT2D eigenvalue weighted by atomic mass is 10.5. The van der Waals surface area contributed by atoms with Gasteiger partial charge in [0, 0.05) is 7.05 Å². The number of hydrogen-bond donors (Lipinski definition) is 0. The Hall–Kier alpha value is -0.640. The van der Waals surface area contributed by atoms with E-state index < -0.39 is 15.3 Å². The maximum atomic E-state index is 11.1. The molecule has 0 aliphatic carbocycles. The van der Waals surface area contributed by atoms with E-state index >= 15 is 0 Å². The number of sulfonamides is 1. The zero-order valence-corrected chi connectivity index (χ0v) is 7.42. The van der Waals surface area contributed by atoms with Crippen LogP contribution >= 0.6 is 0 Å². The van der Waals surface area contributed by atoms with Crippen LogP contribution in [0.2, 0.25) is 0 Å². The van der Waals surface area contributed by atoms with Crippen molar-refractivity contribution in [1.29, 1.82) is 5.26 Å². The van der Waals surface area contributed by atoms with Gasteiger partial charge >= 0.3 is 0 Å². The average Bonchev–Trinajstić information content (AvgIpc) is 2.01. The highest BCUT2D eigenvalue weighted by Gasteiger charge is 2.25. The van der Waals surface area contributed by atoms with Gasteiger partial charge in [-0.05, 0) is 6.92 Å². The van der Waals surface area contributed by atoms with E-state index in [0.29, 0.717) is 4.47 Å². The molecule has 0 radical (unpaired) electrons. The maximum absolute atomic E-state index is 11.1. The molecule has 5 nitrogen and oxygen atoms in total. The number of rotatable bonds is 3. The van der Waals surface area contributed by atoms with Gasteiger partial charge in [-0.2, -0.15) is 5.26 Å². The lowest BCUT2D eigenvalue weighted by Gasteiger charge is -2.14. The molecule has 0 aromatic carbocycles. The van der Waals surface area contributed by atoms with E-state index in [1.165, 1.54) is 21.1 Å². The van der Waals surface area contributed by atoms with E-state index in [0.717, 1.165) is 0 Å². The zero-order chi connectivity index (χ0) is 9.07. The van der Waals surface area contributed by atoms with Crippen molar-refractivity contribution in [1.82, 2.24) is 4.47 Å². The fraction of sp³-hybridized carbons (Fsp3) is 0.800. The monoisotopic (exact) mass is 178 g/mol. The van der Waals surface area contributed by atoms with Crippen LogP contribution in [0.4, 0.5) is 0 Å². The topological polar surface area (TPSA) is 70.4 Å². The van der Waals surface area contributed by atoms with Gasteiger partial charge in [-0.3, -0.25) is 4.84 Å². The Morgan fingerprint density at radius 3 is 2.36 bits per heavy atom. The first-order valence-electron chi connectivity index (χ1n) is 2.88. The number of hydroxylamine groups is 1. The van der Waals surface area contributed by atoms with Crippen LogP contribution in [-0.4, -0.2) is 32.3 Å². The van der Waals surface area contributed by atoms with E-state index in [9.17, 15) is 8.42 Å². The van der Waals surface area contributed by atoms with Crippen molar-refractivity contribution in [3.05, 3.63) is 0 Å².